The number of likely N-dealkylation sites (N-methyl/N-ethyl adjacent to an activating group) is 1. The van der Waals surface area contributed by atoms with Crippen LogP contribution in [0.2, 0.25) is 0 Å². The van der Waals surface area contributed by atoms with E-state index in [4.69, 9.17) is 0 Å². The van der Waals surface area contributed by atoms with Crippen LogP contribution in [-0.2, 0) is 26.0 Å². The van der Waals surface area contributed by atoms with Gasteiger partial charge in [-0.15, -0.1) is 0 Å². The number of rotatable bonds is 7. The van der Waals surface area contributed by atoms with Gasteiger partial charge in [0.05, 0.1) is 17.5 Å². The van der Waals surface area contributed by atoms with Crippen molar-refractivity contribution in [3.63, 3.8) is 0 Å². The van der Waals surface area contributed by atoms with Gasteiger partial charge in [-0.05, 0) is 41.3 Å². The molecular formula is C25H25N3O4S. The highest BCUT2D eigenvalue weighted by Crippen LogP contribution is 2.27. The first kappa shape index (κ1) is 22.7. The molecule has 0 radical (unpaired) electrons. The molecule has 33 heavy (non-hydrogen) atoms. The van der Waals surface area contributed by atoms with E-state index in [2.05, 4.69) is 10.6 Å². The Hall–Kier alpha value is -3.49. The smallest absolute Gasteiger partial charge is 0.243 e. The number of hydrogen-bond donors (Lipinski definition) is 2. The molecule has 0 aromatic heterocycles. The second-order valence-electron chi connectivity index (χ2n) is 7.95. The molecule has 0 fully saturated rings. The summed E-state index contributed by atoms with van der Waals surface area (Å²) >= 11 is 0. The van der Waals surface area contributed by atoms with Crippen molar-refractivity contribution in [3.8, 4) is 0 Å². The zero-order chi connectivity index (χ0) is 23.4. The van der Waals surface area contributed by atoms with Crippen LogP contribution >= 0.6 is 0 Å². The summed E-state index contributed by atoms with van der Waals surface area (Å²) in [4.78, 5) is 24.5. The summed E-state index contributed by atoms with van der Waals surface area (Å²) in [5.41, 5.74) is 3.19. The lowest BCUT2D eigenvalue weighted by molar-refractivity contribution is -0.121. The summed E-state index contributed by atoms with van der Waals surface area (Å²) in [5, 5.41) is 5.71. The highest BCUT2D eigenvalue weighted by atomic mass is 32.2. The van der Waals surface area contributed by atoms with Crippen LogP contribution in [0.15, 0.2) is 83.8 Å². The molecule has 1 aliphatic heterocycles. The predicted octanol–water partition coefficient (Wildman–Crippen LogP) is 3.10. The fourth-order valence-electron chi connectivity index (χ4n) is 3.84. The van der Waals surface area contributed by atoms with E-state index in [0.717, 1.165) is 21.0 Å². The van der Waals surface area contributed by atoms with E-state index in [1.165, 1.54) is 13.1 Å². The molecule has 0 unspecified atom stereocenters. The standard InChI is InChI=1S/C25H25N3O4S/c1-28(33(31,32)21-13-14-22-20(16-21)12-15-23(29)26-22)17-24(30)27-25(18-8-4-2-5-9-18)19-10-6-3-7-11-19/h2-11,13-14,16,25H,12,15,17H2,1H3,(H,26,29)(H,27,30). The largest absolute Gasteiger partial charge is 0.344 e. The van der Waals surface area contributed by atoms with E-state index in [-0.39, 0.29) is 17.3 Å². The number of amides is 2. The Morgan fingerprint density at radius 3 is 2.18 bits per heavy atom. The molecule has 0 aliphatic carbocycles. The summed E-state index contributed by atoms with van der Waals surface area (Å²) < 4.78 is 27.2. The third kappa shape index (κ3) is 5.13. The number of hydrogen-bond acceptors (Lipinski definition) is 4. The Morgan fingerprint density at radius 2 is 1.58 bits per heavy atom. The van der Waals surface area contributed by atoms with E-state index < -0.39 is 22.0 Å². The van der Waals surface area contributed by atoms with Crippen LogP contribution in [0.25, 0.3) is 0 Å². The number of aryl methyl sites for hydroxylation is 1. The number of carbonyl (C=O) groups is 2. The molecular weight excluding hydrogens is 438 g/mol. The molecule has 8 heteroatoms. The minimum atomic E-state index is -3.89. The normalized spacial score (nSPS) is 13.5. The Kier molecular flexibility index (Phi) is 6.57. The first-order valence-electron chi connectivity index (χ1n) is 10.6. The van der Waals surface area contributed by atoms with Gasteiger partial charge in [-0.3, -0.25) is 9.59 Å². The van der Waals surface area contributed by atoms with Gasteiger partial charge in [0, 0.05) is 19.2 Å². The molecule has 0 spiro atoms. The third-order valence-corrected chi connectivity index (χ3v) is 7.42. The quantitative estimate of drug-likeness (QED) is 0.563. The molecule has 4 rings (SSSR count). The van der Waals surface area contributed by atoms with Crippen molar-refractivity contribution < 1.29 is 18.0 Å². The van der Waals surface area contributed by atoms with Crippen LogP contribution in [0.5, 0.6) is 0 Å². The van der Waals surface area contributed by atoms with E-state index in [9.17, 15) is 18.0 Å². The van der Waals surface area contributed by atoms with Crippen LogP contribution < -0.4 is 10.6 Å². The van der Waals surface area contributed by atoms with Crippen molar-refractivity contribution >= 4 is 27.5 Å². The van der Waals surface area contributed by atoms with Crippen molar-refractivity contribution in [2.24, 2.45) is 0 Å². The van der Waals surface area contributed by atoms with Crippen LogP contribution in [-0.4, -0.2) is 38.1 Å². The SMILES string of the molecule is CN(CC(=O)NC(c1ccccc1)c1ccccc1)S(=O)(=O)c1ccc2c(c1)CCC(=O)N2. The molecule has 0 saturated heterocycles. The van der Waals surface area contributed by atoms with Crippen molar-refractivity contribution in [1.82, 2.24) is 9.62 Å². The van der Waals surface area contributed by atoms with Crippen molar-refractivity contribution in [1.29, 1.82) is 0 Å². The molecule has 0 atom stereocenters. The van der Waals surface area contributed by atoms with Gasteiger partial charge in [0.1, 0.15) is 0 Å². The number of fused-ring (bicyclic) bond motifs is 1. The van der Waals surface area contributed by atoms with Crippen LogP contribution in [0, 0.1) is 0 Å². The van der Waals surface area contributed by atoms with E-state index in [1.807, 2.05) is 60.7 Å². The zero-order valence-electron chi connectivity index (χ0n) is 18.2. The number of benzene rings is 3. The van der Waals surface area contributed by atoms with E-state index in [0.29, 0.717) is 18.5 Å². The Labute approximate surface area is 193 Å². The summed E-state index contributed by atoms with van der Waals surface area (Å²) in [7, 11) is -2.50. The molecule has 0 bridgehead atoms. The average molecular weight is 464 g/mol. The highest BCUT2D eigenvalue weighted by Gasteiger charge is 2.26. The van der Waals surface area contributed by atoms with Gasteiger partial charge in [-0.2, -0.15) is 4.31 Å². The van der Waals surface area contributed by atoms with Gasteiger partial charge in [0.15, 0.2) is 0 Å². The lowest BCUT2D eigenvalue weighted by Crippen LogP contribution is -2.40. The number of carbonyl (C=O) groups excluding carboxylic acids is 2. The molecule has 1 aliphatic rings. The van der Waals surface area contributed by atoms with Crippen molar-refractivity contribution in [2.45, 2.75) is 23.8 Å². The lowest BCUT2D eigenvalue weighted by atomic mass is 9.99. The van der Waals surface area contributed by atoms with Gasteiger partial charge >= 0.3 is 0 Å². The van der Waals surface area contributed by atoms with Crippen LogP contribution in [0.1, 0.15) is 29.2 Å². The van der Waals surface area contributed by atoms with Gasteiger partial charge in [-0.25, -0.2) is 8.42 Å². The fourth-order valence-corrected chi connectivity index (χ4v) is 5.02. The monoisotopic (exact) mass is 463 g/mol. The number of nitrogens with one attached hydrogen (secondary N) is 2. The number of anilines is 1. The van der Waals surface area contributed by atoms with Crippen molar-refractivity contribution in [2.75, 3.05) is 18.9 Å². The Balaban J connectivity index is 1.51. The lowest BCUT2D eigenvalue weighted by Gasteiger charge is -2.23. The summed E-state index contributed by atoms with van der Waals surface area (Å²) in [6, 6.07) is 23.3. The summed E-state index contributed by atoms with van der Waals surface area (Å²) in [6.45, 7) is -0.327. The maximum absolute atomic E-state index is 13.1. The second-order valence-corrected chi connectivity index (χ2v) is 9.99. The Bertz CT molecular complexity index is 1220. The minimum Gasteiger partial charge on any atom is -0.344 e. The van der Waals surface area contributed by atoms with Gasteiger partial charge in [0.25, 0.3) is 0 Å². The highest BCUT2D eigenvalue weighted by molar-refractivity contribution is 7.89. The van der Waals surface area contributed by atoms with Gasteiger partial charge in [-0.1, -0.05) is 60.7 Å². The van der Waals surface area contributed by atoms with E-state index in [1.54, 1.807) is 12.1 Å². The Morgan fingerprint density at radius 1 is 0.970 bits per heavy atom. The average Bonchev–Trinajstić information content (AvgIpc) is 2.83. The minimum absolute atomic E-state index is 0.0849. The molecule has 1 heterocycles. The molecule has 3 aromatic carbocycles. The van der Waals surface area contributed by atoms with E-state index >= 15 is 0 Å². The maximum atomic E-state index is 13.1. The van der Waals surface area contributed by atoms with Crippen molar-refractivity contribution in [3.05, 3.63) is 95.6 Å². The van der Waals surface area contributed by atoms with Gasteiger partial charge < -0.3 is 10.6 Å². The third-order valence-electron chi connectivity index (χ3n) is 5.62. The molecule has 2 N–H and O–H groups in total. The van der Waals surface area contributed by atoms with Crippen LogP contribution in [0.3, 0.4) is 0 Å². The molecule has 7 nitrogen and oxygen atoms in total. The van der Waals surface area contributed by atoms with Gasteiger partial charge in [0.2, 0.25) is 21.8 Å². The molecule has 0 saturated carbocycles. The molecule has 2 amide bonds. The van der Waals surface area contributed by atoms with Crippen LogP contribution in [0.4, 0.5) is 5.69 Å². The maximum Gasteiger partial charge on any atom is 0.243 e. The zero-order valence-corrected chi connectivity index (χ0v) is 19.0. The topological polar surface area (TPSA) is 95.6 Å². The molecule has 170 valence electrons. The summed E-state index contributed by atoms with van der Waals surface area (Å²) in [5.74, 6) is -0.498. The fraction of sp³-hybridized carbons (Fsp3) is 0.200. The first-order chi connectivity index (χ1) is 15.8. The first-order valence-corrected chi connectivity index (χ1v) is 12.1. The predicted molar refractivity (Wildman–Crippen MR) is 126 cm³/mol. The number of sulfonamides is 1. The number of nitrogens with zero attached hydrogens (tertiary/aromatic N) is 1. The summed E-state index contributed by atoms with van der Waals surface area (Å²) in [6.07, 6.45) is 0.791. The molecule has 3 aromatic rings. The second kappa shape index (κ2) is 9.56.